The van der Waals surface area contributed by atoms with Crippen molar-refractivity contribution < 1.29 is 9.53 Å². The van der Waals surface area contributed by atoms with Crippen molar-refractivity contribution in [3.8, 4) is 5.75 Å². The molecule has 2 aliphatic heterocycles. The van der Waals surface area contributed by atoms with E-state index in [1.165, 1.54) is 49.8 Å². The summed E-state index contributed by atoms with van der Waals surface area (Å²) in [5.74, 6) is 1.45. The van der Waals surface area contributed by atoms with E-state index in [0.717, 1.165) is 37.3 Å². The first-order valence-electron chi connectivity index (χ1n) is 12.4. The van der Waals surface area contributed by atoms with Crippen molar-refractivity contribution in [3.05, 3.63) is 59.4 Å². The van der Waals surface area contributed by atoms with Gasteiger partial charge in [0.2, 0.25) is 0 Å². The standard InChI is InChI=1S/C27H33N3O2/c1-29-15-12-27-11-3-2-7-22(27)25(29)16-19-9-10-21(17-23(19)27)32-26(31)30-14-5-8-24(30)20-6-4-13-28-18-20/h4,6,9-10,13,17-18,22,24-25H,2-3,5,7-8,11-12,14-16H2,1H3/t22-,24-,25+,27?/m0/s1. The third kappa shape index (κ3) is 3.16. The van der Waals surface area contributed by atoms with Crippen LogP contribution in [-0.4, -0.2) is 47.1 Å². The van der Waals surface area contributed by atoms with Crippen LogP contribution < -0.4 is 4.74 Å². The van der Waals surface area contributed by atoms with E-state index in [1.807, 2.05) is 23.2 Å². The van der Waals surface area contributed by atoms with Crippen LogP contribution in [0.4, 0.5) is 4.79 Å². The molecule has 4 aliphatic rings. The fourth-order valence-electron chi connectivity index (χ4n) is 7.30. The maximum absolute atomic E-state index is 13.2. The van der Waals surface area contributed by atoms with Crippen LogP contribution in [0.5, 0.6) is 5.75 Å². The van der Waals surface area contributed by atoms with Gasteiger partial charge in [0, 0.05) is 30.4 Å². The first-order chi connectivity index (χ1) is 15.7. The summed E-state index contributed by atoms with van der Waals surface area (Å²) in [5.41, 5.74) is 4.31. The molecule has 1 aromatic heterocycles. The van der Waals surface area contributed by atoms with Gasteiger partial charge in [-0.1, -0.05) is 25.0 Å². The molecule has 3 fully saturated rings. The number of amides is 1. The van der Waals surface area contributed by atoms with Crippen LogP contribution in [0.3, 0.4) is 0 Å². The average Bonchev–Trinajstić information content (AvgIpc) is 3.33. The third-order valence-corrected chi connectivity index (χ3v) is 8.85. The summed E-state index contributed by atoms with van der Waals surface area (Å²) >= 11 is 0. The maximum atomic E-state index is 13.2. The summed E-state index contributed by atoms with van der Waals surface area (Å²) in [6.45, 7) is 1.91. The molecule has 2 bridgehead atoms. The van der Waals surface area contributed by atoms with E-state index < -0.39 is 0 Å². The largest absolute Gasteiger partial charge is 0.415 e. The van der Waals surface area contributed by atoms with Gasteiger partial charge in [-0.15, -0.1) is 0 Å². The highest BCUT2D eigenvalue weighted by atomic mass is 16.6. The lowest BCUT2D eigenvalue weighted by molar-refractivity contribution is 0.00273. The van der Waals surface area contributed by atoms with Crippen molar-refractivity contribution in [2.75, 3.05) is 20.1 Å². The van der Waals surface area contributed by atoms with E-state index in [1.54, 1.807) is 6.20 Å². The second-order valence-electron chi connectivity index (χ2n) is 10.3. The predicted octanol–water partition coefficient (Wildman–Crippen LogP) is 5.11. The van der Waals surface area contributed by atoms with E-state index in [0.29, 0.717) is 11.8 Å². The summed E-state index contributed by atoms with van der Waals surface area (Å²) in [7, 11) is 2.30. The predicted molar refractivity (Wildman–Crippen MR) is 124 cm³/mol. The molecular weight excluding hydrogens is 398 g/mol. The maximum Gasteiger partial charge on any atom is 0.415 e. The Kier molecular flexibility index (Phi) is 4.98. The number of rotatable bonds is 2. The number of carbonyl (C=O) groups excluding carboxylic acids is 1. The number of aromatic nitrogens is 1. The Bertz CT molecular complexity index is 1010. The molecule has 2 saturated heterocycles. The van der Waals surface area contributed by atoms with Gasteiger partial charge in [-0.3, -0.25) is 4.98 Å². The first-order valence-corrected chi connectivity index (χ1v) is 12.4. The molecule has 168 valence electrons. The van der Waals surface area contributed by atoms with Crippen LogP contribution in [0.15, 0.2) is 42.7 Å². The number of hydrogen-bond acceptors (Lipinski definition) is 4. The molecule has 3 heterocycles. The van der Waals surface area contributed by atoms with E-state index >= 15 is 0 Å². The molecule has 5 nitrogen and oxygen atoms in total. The number of likely N-dealkylation sites (tertiary alicyclic amines) is 2. The molecule has 1 amide bonds. The zero-order chi connectivity index (χ0) is 21.7. The zero-order valence-electron chi connectivity index (χ0n) is 19.0. The number of benzene rings is 1. The smallest absolute Gasteiger partial charge is 0.410 e. The van der Waals surface area contributed by atoms with Crippen LogP contribution >= 0.6 is 0 Å². The Hall–Kier alpha value is -2.40. The number of carbonyl (C=O) groups is 1. The molecular formula is C27H33N3O2. The summed E-state index contributed by atoms with van der Waals surface area (Å²) in [6, 6.07) is 11.2. The lowest BCUT2D eigenvalue weighted by Crippen LogP contribution is -2.59. The van der Waals surface area contributed by atoms with Crippen LogP contribution in [-0.2, 0) is 11.8 Å². The molecule has 2 aromatic rings. The second kappa shape index (κ2) is 7.87. The highest BCUT2D eigenvalue weighted by Gasteiger charge is 2.53. The Balaban J connectivity index is 1.28. The van der Waals surface area contributed by atoms with Crippen LogP contribution in [0.2, 0.25) is 0 Å². The minimum absolute atomic E-state index is 0.0600. The number of likely N-dealkylation sites (N-methyl/N-ethyl adjacent to an activating group) is 1. The first kappa shape index (κ1) is 20.2. The van der Waals surface area contributed by atoms with Gasteiger partial charge < -0.3 is 14.5 Å². The summed E-state index contributed by atoms with van der Waals surface area (Å²) in [6.07, 6.45) is 13.0. The topological polar surface area (TPSA) is 45.7 Å². The number of piperidine rings is 1. The van der Waals surface area contributed by atoms with Crippen LogP contribution in [0.25, 0.3) is 0 Å². The van der Waals surface area contributed by atoms with Gasteiger partial charge in [-0.25, -0.2) is 4.79 Å². The third-order valence-electron chi connectivity index (χ3n) is 8.85. The summed E-state index contributed by atoms with van der Waals surface area (Å²) < 4.78 is 6.01. The van der Waals surface area contributed by atoms with Gasteiger partial charge in [-0.05, 0) is 92.9 Å². The monoisotopic (exact) mass is 431 g/mol. The SMILES string of the molecule is CN1CCC23CCCC[C@H]2[C@H]1Cc1ccc(OC(=O)N2CCC[C@H]2c2cccnc2)cc13. The molecule has 4 atom stereocenters. The van der Waals surface area contributed by atoms with E-state index in [2.05, 4.69) is 35.1 Å². The molecule has 1 unspecified atom stereocenters. The molecule has 0 spiro atoms. The molecule has 6 rings (SSSR count). The van der Waals surface area contributed by atoms with Gasteiger partial charge in [0.1, 0.15) is 5.75 Å². The molecule has 2 aliphatic carbocycles. The molecule has 0 N–H and O–H groups in total. The Morgan fingerprint density at radius 2 is 2.06 bits per heavy atom. The number of hydrogen-bond donors (Lipinski definition) is 0. The van der Waals surface area contributed by atoms with Gasteiger partial charge >= 0.3 is 6.09 Å². The number of fused-ring (bicyclic) bond motifs is 1. The fraction of sp³-hybridized carbons (Fsp3) is 0.556. The minimum atomic E-state index is -0.230. The van der Waals surface area contributed by atoms with Crippen LogP contribution in [0.1, 0.15) is 67.7 Å². The van der Waals surface area contributed by atoms with E-state index in [9.17, 15) is 4.79 Å². The molecule has 5 heteroatoms. The highest BCUT2D eigenvalue weighted by Crippen LogP contribution is 2.56. The number of nitrogens with zero attached hydrogens (tertiary/aromatic N) is 3. The molecule has 1 saturated carbocycles. The van der Waals surface area contributed by atoms with Crippen molar-refractivity contribution in [1.29, 1.82) is 0 Å². The highest BCUT2D eigenvalue weighted by molar-refractivity contribution is 5.72. The zero-order valence-corrected chi connectivity index (χ0v) is 19.0. The van der Waals surface area contributed by atoms with Gasteiger partial charge in [0.25, 0.3) is 0 Å². The molecule has 1 aromatic carbocycles. The number of pyridine rings is 1. The summed E-state index contributed by atoms with van der Waals surface area (Å²) in [4.78, 5) is 21.9. The second-order valence-corrected chi connectivity index (χ2v) is 10.3. The number of ether oxygens (including phenoxy) is 1. The quantitative estimate of drug-likeness (QED) is 0.663. The lowest BCUT2D eigenvalue weighted by atomic mass is 9.52. The van der Waals surface area contributed by atoms with Crippen molar-refractivity contribution in [3.63, 3.8) is 0 Å². The lowest BCUT2D eigenvalue weighted by Gasteiger charge is -2.58. The minimum Gasteiger partial charge on any atom is -0.410 e. The Morgan fingerprint density at radius 1 is 1.12 bits per heavy atom. The van der Waals surface area contributed by atoms with Gasteiger partial charge in [-0.2, -0.15) is 0 Å². The normalized spacial score (nSPS) is 31.7. The average molecular weight is 432 g/mol. The van der Waals surface area contributed by atoms with Crippen molar-refractivity contribution in [2.24, 2.45) is 5.92 Å². The van der Waals surface area contributed by atoms with E-state index in [-0.39, 0.29) is 17.6 Å². The fourth-order valence-corrected chi connectivity index (χ4v) is 7.30. The van der Waals surface area contributed by atoms with Crippen LogP contribution in [0, 0.1) is 5.92 Å². The Labute approximate surface area is 190 Å². The van der Waals surface area contributed by atoms with E-state index in [4.69, 9.17) is 4.74 Å². The van der Waals surface area contributed by atoms with Gasteiger partial charge in [0.15, 0.2) is 0 Å². The van der Waals surface area contributed by atoms with Gasteiger partial charge in [0.05, 0.1) is 6.04 Å². The van der Waals surface area contributed by atoms with Crippen molar-refractivity contribution >= 4 is 6.09 Å². The Morgan fingerprint density at radius 3 is 2.94 bits per heavy atom. The summed E-state index contributed by atoms with van der Waals surface area (Å²) in [5, 5.41) is 0. The molecule has 32 heavy (non-hydrogen) atoms. The van der Waals surface area contributed by atoms with Crippen molar-refractivity contribution in [1.82, 2.24) is 14.8 Å². The molecule has 0 radical (unpaired) electrons. The van der Waals surface area contributed by atoms with Crippen molar-refractivity contribution in [2.45, 2.75) is 68.9 Å².